The molecule has 4 nitrogen and oxygen atoms in total. The van der Waals surface area contributed by atoms with Crippen molar-refractivity contribution < 1.29 is 9.53 Å². The Morgan fingerprint density at radius 2 is 2.00 bits per heavy atom. The monoisotopic (exact) mass is 386 g/mol. The Kier molecular flexibility index (Phi) is 6.39. The maximum absolute atomic E-state index is 12.5. The van der Waals surface area contributed by atoms with Gasteiger partial charge in [-0.1, -0.05) is 54.0 Å². The highest BCUT2D eigenvalue weighted by Gasteiger charge is 2.25. The second-order valence-corrected chi connectivity index (χ2v) is 6.65. The molecule has 0 bridgehead atoms. The molecule has 0 aromatic heterocycles. The highest BCUT2D eigenvalue weighted by molar-refractivity contribution is 9.10. The lowest BCUT2D eigenvalue weighted by Gasteiger charge is -2.22. The van der Waals surface area contributed by atoms with Crippen LogP contribution in [-0.4, -0.2) is 12.0 Å². The molecule has 2 aromatic rings. The molecule has 5 heteroatoms. The number of benzene rings is 2. The van der Waals surface area contributed by atoms with Crippen molar-refractivity contribution in [2.75, 3.05) is 0 Å². The van der Waals surface area contributed by atoms with Crippen LogP contribution < -0.4 is 10.1 Å². The van der Waals surface area contributed by atoms with Gasteiger partial charge in [-0.3, -0.25) is 4.79 Å². The molecule has 24 heavy (non-hydrogen) atoms. The van der Waals surface area contributed by atoms with E-state index >= 15 is 0 Å². The van der Waals surface area contributed by atoms with Crippen molar-refractivity contribution in [3.05, 3.63) is 64.1 Å². The van der Waals surface area contributed by atoms with E-state index in [4.69, 9.17) is 10.00 Å². The van der Waals surface area contributed by atoms with Gasteiger partial charge in [-0.2, -0.15) is 5.26 Å². The van der Waals surface area contributed by atoms with Gasteiger partial charge >= 0.3 is 0 Å². The van der Waals surface area contributed by atoms with Crippen molar-refractivity contribution in [2.45, 2.75) is 26.5 Å². The first-order valence-electron chi connectivity index (χ1n) is 7.69. The number of hydrogen-bond donors (Lipinski definition) is 1. The number of hydrogen-bond acceptors (Lipinski definition) is 3. The minimum Gasteiger partial charge on any atom is -0.479 e. The van der Waals surface area contributed by atoms with Crippen LogP contribution in [0.25, 0.3) is 0 Å². The van der Waals surface area contributed by atoms with E-state index in [0.717, 1.165) is 10.0 Å². The lowest BCUT2D eigenvalue weighted by atomic mass is 10.1. The van der Waals surface area contributed by atoms with Crippen LogP contribution in [0.2, 0.25) is 0 Å². The first kappa shape index (κ1) is 18.0. The molecule has 1 N–H and O–H groups in total. The van der Waals surface area contributed by atoms with E-state index in [-0.39, 0.29) is 11.8 Å². The van der Waals surface area contributed by atoms with E-state index in [0.29, 0.717) is 17.9 Å². The zero-order valence-corrected chi connectivity index (χ0v) is 15.2. The highest BCUT2D eigenvalue weighted by Crippen LogP contribution is 2.21. The maximum Gasteiger partial charge on any atom is 0.261 e. The van der Waals surface area contributed by atoms with Gasteiger partial charge in [-0.15, -0.1) is 0 Å². The quantitative estimate of drug-likeness (QED) is 0.814. The number of ether oxygens (including phenoxy) is 1. The van der Waals surface area contributed by atoms with Crippen LogP contribution in [-0.2, 0) is 11.3 Å². The Bertz CT molecular complexity index is 753. The summed E-state index contributed by atoms with van der Waals surface area (Å²) < 4.78 is 6.79. The van der Waals surface area contributed by atoms with Crippen LogP contribution in [0.4, 0.5) is 0 Å². The third kappa shape index (κ3) is 4.84. The Hall–Kier alpha value is -2.32. The molecule has 2 aromatic carbocycles. The summed E-state index contributed by atoms with van der Waals surface area (Å²) in [5, 5.41) is 12.0. The first-order valence-corrected chi connectivity index (χ1v) is 8.48. The first-order chi connectivity index (χ1) is 11.5. The summed E-state index contributed by atoms with van der Waals surface area (Å²) >= 11 is 3.41. The number of amides is 1. The molecule has 1 amide bonds. The standard InChI is InChI=1S/C19H19BrN2O2/c1-13(2)18(24-17-9-4-3-7-15(17)11-21)19(23)22-12-14-6-5-8-16(20)10-14/h3-10,13,18H,12H2,1-2H3,(H,22,23). The average Bonchev–Trinajstić information content (AvgIpc) is 2.57. The largest absolute Gasteiger partial charge is 0.479 e. The summed E-state index contributed by atoms with van der Waals surface area (Å²) in [5.41, 5.74) is 1.42. The molecule has 0 aliphatic heterocycles. The van der Waals surface area contributed by atoms with E-state index in [1.807, 2.05) is 38.1 Å². The predicted octanol–water partition coefficient (Wildman–Crippen LogP) is 4.04. The van der Waals surface area contributed by atoms with Crippen molar-refractivity contribution in [1.82, 2.24) is 5.32 Å². The van der Waals surface area contributed by atoms with Crippen LogP contribution in [0, 0.1) is 17.2 Å². The SMILES string of the molecule is CC(C)C(Oc1ccccc1C#N)C(=O)NCc1cccc(Br)c1. The lowest BCUT2D eigenvalue weighted by molar-refractivity contribution is -0.130. The Morgan fingerprint density at radius 3 is 2.67 bits per heavy atom. The van der Waals surface area contributed by atoms with Crippen LogP contribution in [0.3, 0.4) is 0 Å². The van der Waals surface area contributed by atoms with E-state index in [1.54, 1.807) is 24.3 Å². The number of nitrogens with zero attached hydrogens (tertiary/aromatic N) is 1. The third-order valence-corrected chi connectivity index (χ3v) is 3.97. The summed E-state index contributed by atoms with van der Waals surface area (Å²) in [7, 11) is 0. The van der Waals surface area contributed by atoms with Gasteiger partial charge < -0.3 is 10.1 Å². The molecule has 0 aliphatic rings. The van der Waals surface area contributed by atoms with Gasteiger partial charge in [0.15, 0.2) is 6.10 Å². The van der Waals surface area contributed by atoms with Gasteiger partial charge in [0.05, 0.1) is 5.56 Å². The minimum atomic E-state index is -0.661. The van der Waals surface area contributed by atoms with Crippen molar-refractivity contribution >= 4 is 21.8 Å². The Morgan fingerprint density at radius 1 is 1.25 bits per heavy atom. The molecule has 0 saturated carbocycles. The van der Waals surface area contributed by atoms with Crippen molar-refractivity contribution in [3.63, 3.8) is 0 Å². The maximum atomic E-state index is 12.5. The van der Waals surface area contributed by atoms with Gasteiger partial charge in [0, 0.05) is 11.0 Å². The number of carbonyl (C=O) groups is 1. The fraction of sp³-hybridized carbons (Fsp3) is 0.263. The zero-order valence-electron chi connectivity index (χ0n) is 13.6. The smallest absolute Gasteiger partial charge is 0.261 e. The molecular weight excluding hydrogens is 368 g/mol. The molecule has 0 spiro atoms. The van der Waals surface area contributed by atoms with Gasteiger partial charge in [-0.05, 0) is 35.7 Å². The van der Waals surface area contributed by atoms with Gasteiger partial charge in [0.1, 0.15) is 11.8 Å². The Labute approximate surface area is 150 Å². The molecule has 0 radical (unpaired) electrons. The van der Waals surface area contributed by atoms with Gasteiger partial charge in [0.25, 0.3) is 5.91 Å². The van der Waals surface area contributed by atoms with Crippen molar-refractivity contribution in [1.29, 1.82) is 5.26 Å². The molecule has 124 valence electrons. The minimum absolute atomic E-state index is 0.0285. The molecule has 1 unspecified atom stereocenters. The van der Waals surface area contributed by atoms with Crippen molar-refractivity contribution in [3.8, 4) is 11.8 Å². The van der Waals surface area contributed by atoms with E-state index in [2.05, 4.69) is 27.3 Å². The predicted molar refractivity (Wildman–Crippen MR) is 96.4 cm³/mol. The van der Waals surface area contributed by atoms with Crippen LogP contribution in [0.1, 0.15) is 25.0 Å². The number of nitrogens with one attached hydrogen (secondary N) is 1. The fourth-order valence-electron chi connectivity index (χ4n) is 2.23. The summed E-state index contributed by atoms with van der Waals surface area (Å²) in [6.07, 6.45) is -0.661. The third-order valence-electron chi connectivity index (χ3n) is 3.48. The summed E-state index contributed by atoms with van der Waals surface area (Å²) in [6, 6.07) is 16.8. The summed E-state index contributed by atoms with van der Waals surface area (Å²) in [5.74, 6) is 0.202. The van der Waals surface area contributed by atoms with E-state index in [9.17, 15) is 4.79 Å². The molecule has 0 saturated heterocycles. The molecule has 0 aliphatic carbocycles. The number of carbonyl (C=O) groups excluding carboxylic acids is 1. The molecular formula is C19H19BrN2O2. The number of para-hydroxylation sites is 1. The molecule has 0 heterocycles. The molecule has 0 fully saturated rings. The molecule has 2 rings (SSSR count). The van der Waals surface area contributed by atoms with Crippen molar-refractivity contribution in [2.24, 2.45) is 5.92 Å². The zero-order chi connectivity index (χ0) is 17.5. The normalized spacial score (nSPS) is 11.6. The second-order valence-electron chi connectivity index (χ2n) is 5.74. The number of rotatable bonds is 6. The van der Waals surface area contributed by atoms with Gasteiger partial charge in [0.2, 0.25) is 0 Å². The Balaban J connectivity index is 2.07. The molecule has 1 atom stereocenters. The summed E-state index contributed by atoms with van der Waals surface area (Å²) in [4.78, 5) is 12.5. The van der Waals surface area contributed by atoms with Crippen LogP contribution in [0.15, 0.2) is 53.0 Å². The van der Waals surface area contributed by atoms with Crippen LogP contribution in [0.5, 0.6) is 5.75 Å². The lowest BCUT2D eigenvalue weighted by Crippen LogP contribution is -2.41. The van der Waals surface area contributed by atoms with Gasteiger partial charge in [-0.25, -0.2) is 0 Å². The topological polar surface area (TPSA) is 62.1 Å². The second kappa shape index (κ2) is 8.51. The fourth-order valence-corrected chi connectivity index (χ4v) is 2.67. The van der Waals surface area contributed by atoms with E-state index in [1.165, 1.54) is 0 Å². The summed E-state index contributed by atoms with van der Waals surface area (Å²) in [6.45, 7) is 4.25. The number of halogens is 1. The number of nitriles is 1. The average molecular weight is 387 g/mol. The van der Waals surface area contributed by atoms with E-state index < -0.39 is 6.10 Å². The van der Waals surface area contributed by atoms with Crippen LogP contribution >= 0.6 is 15.9 Å². The highest BCUT2D eigenvalue weighted by atomic mass is 79.9.